The van der Waals surface area contributed by atoms with Crippen molar-refractivity contribution in [1.82, 2.24) is 5.43 Å². The van der Waals surface area contributed by atoms with Gasteiger partial charge >= 0.3 is 0 Å². The summed E-state index contributed by atoms with van der Waals surface area (Å²) in [6, 6.07) is 3.93. The Morgan fingerprint density at radius 1 is 1.53 bits per heavy atom. The third-order valence-corrected chi connectivity index (χ3v) is 4.22. The molecule has 0 amide bonds. The van der Waals surface area contributed by atoms with Gasteiger partial charge in [-0.25, -0.2) is 5.43 Å². The maximum Gasteiger partial charge on any atom is 0.105 e. The van der Waals surface area contributed by atoms with Crippen LogP contribution in [0.5, 0.6) is 0 Å². The smallest absolute Gasteiger partial charge is 0.105 e. The van der Waals surface area contributed by atoms with Gasteiger partial charge < -0.3 is 4.42 Å². The zero-order valence-corrected chi connectivity index (χ0v) is 10.6. The molecule has 0 spiro atoms. The van der Waals surface area contributed by atoms with E-state index in [1.807, 2.05) is 24.4 Å². The molecular formula is C10H11BrN2OS. The Bertz CT molecular complexity index is 411. The van der Waals surface area contributed by atoms with Crippen molar-refractivity contribution in [2.24, 2.45) is 5.84 Å². The van der Waals surface area contributed by atoms with E-state index in [2.05, 4.69) is 21.4 Å². The van der Waals surface area contributed by atoms with Crippen molar-refractivity contribution >= 4 is 27.3 Å². The van der Waals surface area contributed by atoms with Gasteiger partial charge in [-0.05, 0) is 40.4 Å². The summed E-state index contributed by atoms with van der Waals surface area (Å²) in [5.41, 5.74) is 3.88. The average molecular weight is 287 g/mol. The highest BCUT2D eigenvalue weighted by molar-refractivity contribution is 9.10. The minimum absolute atomic E-state index is 0.0156. The van der Waals surface area contributed by atoms with Crippen molar-refractivity contribution in [1.29, 1.82) is 0 Å². The zero-order valence-electron chi connectivity index (χ0n) is 8.16. The average Bonchev–Trinajstić information content (AvgIpc) is 2.80. The first kappa shape index (κ1) is 10.9. The fourth-order valence-corrected chi connectivity index (χ4v) is 3.19. The molecule has 5 heteroatoms. The molecule has 0 aliphatic rings. The molecule has 0 aliphatic heterocycles. The molecule has 1 unspecified atom stereocenters. The number of rotatable bonds is 3. The van der Waals surface area contributed by atoms with Gasteiger partial charge in [0.15, 0.2) is 0 Å². The van der Waals surface area contributed by atoms with Crippen LogP contribution in [0, 0.1) is 6.92 Å². The predicted molar refractivity (Wildman–Crippen MR) is 64.6 cm³/mol. The lowest BCUT2D eigenvalue weighted by atomic mass is 10.1. The molecule has 0 fully saturated rings. The maximum absolute atomic E-state index is 5.59. The molecule has 0 saturated heterocycles. The Labute approximate surface area is 100 Å². The summed E-state index contributed by atoms with van der Waals surface area (Å²) >= 11 is 5.16. The van der Waals surface area contributed by atoms with Crippen LogP contribution in [0.1, 0.15) is 22.2 Å². The third-order valence-electron chi connectivity index (χ3n) is 2.28. The van der Waals surface area contributed by atoms with Gasteiger partial charge in [0, 0.05) is 14.9 Å². The quantitative estimate of drug-likeness (QED) is 0.674. The molecule has 15 heavy (non-hydrogen) atoms. The van der Waals surface area contributed by atoms with Gasteiger partial charge in [0.1, 0.15) is 5.76 Å². The Morgan fingerprint density at radius 3 is 2.80 bits per heavy atom. The summed E-state index contributed by atoms with van der Waals surface area (Å²) in [6.45, 7) is 1.93. The monoisotopic (exact) mass is 286 g/mol. The van der Waals surface area contributed by atoms with E-state index >= 15 is 0 Å². The largest absolute Gasteiger partial charge is 0.469 e. The molecule has 3 nitrogen and oxygen atoms in total. The third kappa shape index (κ3) is 2.01. The Balaban J connectivity index is 2.41. The van der Waals surface area contributed by atoms with Gasteiger partial charge in [0.25, 0.3) is 0 Å². The Hall–Kier alpha value is -0.620. The van der Waals surface area contributed by atoms with Crippen molar-refractivity contribution in [2.75, 3.05) is 0 Å². The van der Waals surface area contributed by atoms with Gasteiger partial charge in [-0.1, -0.05) is 0 Å². The van der Waals surface area contributed by atoms with Gasteiger partial charge in [0.2, 0.25) is 0 Å². The summed E-state index contributed by atoms with van der Waals surface area (Å²) in [7, 11) is 0. The number of hydrazine groups is 1. The van der Waals surface area contributed by atoms with Crippen LogP contribution in [0.3, 0.4) is 0 Å². The van der Waals surface area contributed by atoms with Crippen LogP contribution >= 0.6 is 27.3 Å². The molecule has 0 saturated carbocycles. The van der Waals surface area contributed by atoms with Crippen LogP contribution < -0.4 is 11.3 Å². The van der Waals surface area contributed by atoms with Gasteiger partial charge in [-0.2, -0.15) is 0 Å². The maximum atomic E-state index is 5.59. The number of nitrogens with one attached hydrogen (secondary N) is 1. The zero-order chi connectivity index (χ0) is 10.8. The lowest BCUT2D eigenvalue weighted by Crippen LogP contribution is -2.28. The van der Waals surface area contributed by atoms with Crippen molar-refractivity contribution < 1.29 is 4.42 Å². The molecule has 1 atom stereocenters. The molecule has 3 N–H and O–H groups in total. The standard InChI is InChI=1S/C10H11BrN2OS/c1-6-7(2-4-14-6)9(13-12)10-8(11)3-5-15-10/h2-5,9,13H,12H2,1H3. The van der Waals surface area contributed by atoms with Crippen molar-refractivity contribution in [3.05, 3.63) is 44.4 Å². The van der Waals surface area contributed by atoms with Crippen LogP contribution in [0.2, 0.25) is 0 Å². The normalized spacial score (nSPS) is 13.0. The van der Waals surface area contributed by atoms with Gasteiger partial charge in [0.05, 0.1) is 12.3 Å². The van der Waals surface area contributed by atoms with E-state index in [0.717, 1.165) is 20.7 Å². The number of hydrogen-bond donors (Lipinski definition) is 2. The molecule has 0 aliphatic carbocycles. The highest BCUT2D eigenvalue weighted by atomic mass is 79.9. The Kier molecular flexibility index (Phi) is 3.25. The lowest BCUT2D eigenvalue weighted by molar-refractivity contribution is 0.521. The van der Waals surface area contributed by atoms with E-state index in [4.69, 9.17) is 10.3 Å². The van der Waals surface area contributed by atoms with Crippen molar-refractivity contribution in [3.8, 4) is 0 Å². The molecule has 0 radical (unpaired) electrons. The summed E-state index contributed by atoms with van der Waals surface area (Å²) < 4.78 is 6.34. The molecular weight excluding hydrogens is 276 g/mol. The Morgan fingerprint density at radius 2 is 2.33 bits per heavy atom. The number of nitrogens with two attached hydrogens (primary N) is 1. The molecule has 2 aromatic heterocycles. The van der Waals surface area contributed by atoms with Gasteiger partial charge in [-0.3, -0.25) is 5.84 Å². The number of halogens is 1. The van der Waals surface area contributed by atoms with Crippen LogP contribution in [0.4, 0.5) is 0 Å². The predicted octanol–water partition coefficient (Wildman–Crippen LogP) is 2.96. The molecule has 2 aromatic rings. The number of aryl methyl sites for hydroxylation is 1. The van der Waals surface area contributed by atoms with Crippen LogP contribution in [-0.2, 0) is 0 Å². The van der Waals surface area contributed by atoms with E-state index in [9.17, 15) is 0 Å². The summed E-state index contributed by atoms with van der Waals surface area (Å²) in [4.78, 5) is 1.15. The number of furan rings is 1. The van der Waals surface area contributed by atoms with E-state index in [1.54, 1.807) is 17.6 Å². The first-order chi connectivity index (χ1) is 7.24. The lowest BCUT2D eigenvalue weighted by Gasteiger charge is -2.14. The molecule has 2 rings (SSSR count). The SMILES string of the molecule is Cc1occc1C(NN)c1sccc1Br. The second-order valence-corrected chi connectivity index (χ2v) is 4.97. The van der Waals surface area contributed by atoms with E-state index in [1.165, 1.54) is 0 Å². The molecule has 0 bridgehead atoms. The minimum Gasteiger partial charge on any atom is -0.469 e. The van der Waals surface area contributed by atoms with Crippen LogP contribution in [0.15, 0.2) is 32.7 Å². The van der Waals surface area contributed by atoms with Crippen LogP contribution in [0.25, 0.3) is 0 Å². The number of thiophene rings is 1. The second-order valence-electron chi connectivity index (χ2n) is 3.16. The first-order valence-electron chi connectivity index (χ1n) is 4.47. The summed E-state index contributed by atoms with van der Waals surface area (Å²) in [6.07, 6.45) is 1.68. The molecule has 0 aromatic carbocycles. The van der Waals surface area contributed by atoms with E-state index in [-0.39, 0.29) is 6.04 Å². The second kappa shape index (κ2) is 4.49. The minimum atomic E-state index is -0.0156. The fraction of sp³-hybridized carbons (Fsp3) is 0.200. The molecule has 80 valence electrons. The molecule has 2 heterocycles. The first-order valence-corrected chi connectivity index (χ1v) is 6.14. The van der Waals surface area contributed by atoms with Crippen LogP contribution in [-0.4, -0.2) is 0 Å². The summed E-state index contributed by atoms with van der Waals surface area (Å²) in [5, 5.41) is 2.03. The topological polar surface area (TPSA) is 51.2 Å². The fourth-order valence-electron chi connectivity index (χ4n) is 1.51. The van der Waals surface area contributed by atoms with Gasteiger partial charge in [-0.15, -0.1) is 11.3 Å². The highest BCUT2D eigenvalue weighted by Crippen LogP contribution is 2.34. The van der Waals surface area contributed by atoms with E-state index < -0.39 is 0 Å². The van der Waals surface area contributed by atoms with Crippen molar-refractivity contribution in [3.63, 3.8) is 0 Å². The van der Waals surface area contributed by atoms with Crippen molar-refractivity contribution in [2.45, 2.75) is 13.0 Å². The summed E-state index contributed by atoms with van der Waals surface area (Å²) in [5.74, 6) is 6.47. The van der Waals surface area contributed by atoms with E-state index in [0.29, 0.717) is 0 Å². The number of hydrogen-bond acceptors (Lipinski definition) is 4. The highest BCUT2D eigenvalue weighted by Gasteiger charge is 2.19.